The van der Waals surface area contributed by atoms with Crippen LogP contribution < -0.4 is 9.80 Å². The Labute approximate surface area is 281 Å². The van der Waals surface area contributed by atoms with Gasteiger partial charge in [-0.1, -0.05) is 84.9 Å². The van der Waals surface area contributed by atoms with E-state index in [1.54, 1.807) is 0 Å². The Morgan fingerprint density at radius 2 is 0.667 bits per heavy atom. The molecule has 1 aliphatic carbocycles. The fourth-order valence-electron chi connectivity index (χ4n) is 7.32. The van der Waals surface area contributed by atoms with E-state index >= 15 is 0 Å². The standard InChI is InChI=1S/C46H34N2/c1-31-13-9-11-19-45(31)48(46-20-12-10-14-32(46)2)40-24-22-34-28-42-41-27-33-21-23-39(25-35(33)29-43(41)44(42)30-36(34)26-40)47(37-15-5-3-6-16-37)38-17-7-4-8-18-38/h3-30H,1-2H3. The van der Waals surface area contributed by atoms with Crippen molar-refractivity contribution in [3.63, 3.8) is 0 Å². The summed E-state index contributed by atoms with van der Waals surface area (Å²) in [6.45, 7) is 4.38. The van der Waals surface area contributed by atoms with E-state index in [-0.39, 0.29) is 0 Å². The molecular weight excluding hydrogens is 581 g/mol. The van der Waals surface area contributed by atoms with E-state index in [1.807, 2.05) is 0 Å². The van der Waals surface area contributed by atoms with Gasteiger partial charge in [0.25, 0.3) is 0 Å². The normalized spacial score (nSPS) is 11.5. The third-order valence-corrected chi connectivity index (χ3v) is 9.76. The van der Waals surface area contributed by atoms with Crippen molar-refractivity contribution < 1.29 is 0 Å². The van der Waals surface area contributed by atoms with Crippen LogP contribution in [0.2, 0.25) is 0 Å². The molecule has 0 aliphatic heterocycles. The van der Waals surface area contributed by atoms with E-state index in [9.17, 15) is 0 Å². The van der Waals surface area contributed by atoms with Crippen LogP contribution in [0.25, 0.3) is 43.8 Å². The number of hydrogen-bond acceptors (Lipinski definition) is 2. The molecule has 0 radical (unpaired) electrons. The van der Waals surface area contributed by atoms with E-state index in [1.165, 1.54) is 66.3 Å². The molecule has 0 fully saturated rings. The predicted octanol–water partition coefficient (Wildman–Crippen LogP) is 13.2. The zero-order valence-corrected chi connectivity index (χ0v) is 27.1. The smallest absolute Gasteiger partial charge is 0.0490 e. The van der Waals surface area contributed by atoms with Gasteiger partial charge in [-0.3, -0.25) is 0 Å². The van der Waals surface area contributed by atoms with Crippen LogP contribution in [0.15, 0.2) is 170 Å². The molecule has 1 aliphatic rings. The van der Waals surface area contributed by atoms with Crippen LogP contribution in [0, 0.1) is 13.8 Å². The lowest BCUT2D eigenvalue weighted by Crippen LogP contribution is -2.12. The number of anilines is 6. The second-order valence-corrected chi connectivity index (χ2v) is 12.8. The minimum absolute atomic E-state index is 1.14. The SMILES string of the molecule is Cc1ccccc1N(c1ccc2cc3c(cc2c1)-c1cc2cc(N(c4ccccc4)c4ccccc4)ccc2cc1-3)c1ccccc1C. The Balaban J connectivity index is 1.14. The number of hydrogen-bond donors (Lipinski definition) is 0. The number of rotatable bonds is 6. The molecule has 9 rings (SSSR count). The van der Waals surface area contributed by atoms with Gasteiger partial charge in [-0.25, -0.2) is 0 Å². The number of fused-ring (bicyclic) bond motifs is 6. The van der Waals surface area contributed by atoms with Crippen molar-refractivity contribution in [2.45, 2.75) is 13.8 Å². The largest absolute Gasteiger partial charge is 0.310 e. The highest BCUT2D eigenvalue weighted by atomic mass is 15.1. The van der Waals surface area contributed by atoms with Crippen LogP contribution in [-0.2, 0) is 0 Å². The summed E-state index contributed by atoms with van der Waals surface area (Å²) >= 11 is 0. The average molecular weight is 615 g/mol. The molecule has 0 heterocycles. The second-order valence-electron chi connectivity index (χ2n) is 12.8. The van der Waals surface area contributed by atoms with Crippen molar-refractivity contribution in [2.75, 3.05) is 9.80 Å². The quantitative estimate of drug-likeness (QED) is 0.184. The van der Waals surface area contributed by atoms with E-state index in [2.05, 4.69) is 194 Å². The number of benzene rings is 8. The zero-order chi connectivity index (χ0) is 32.2. The van der Waals surface area contributed by atoms with Crippen molar-refractivity contribution in [3.8, 4) is 22.3 Å². The number of para-hydroxylation sites is 4. The van der Waals surface area contributed by atoms with Gasteiger partial charge in [0.2, 0.25) is 0 Å². The molecule has 0 aromatic heterocycles. The first-order valence-corrected chi connectivity index (χ1v) is 16.6. The fraction of sp³-hybridized carbons (Fsp3) is 0.0435. The molecule has 2 heteroatoms. The van der Waals surface area contributed by atoms with Gasteiger partial charge in [-0.15, -0.1) is 0 Å². The molecule has 0 amide bonds. The molecule has 8 aromatic carbocycles. The third-order valence-electron chi connectivity index (χ3n) is 9.76. The Morgan fingerprint density at radius 3 is 1.10 bits per heavy atom. The van der Waals surface area contributed by atoms with Gasteiger partial charge in [0.1, 0.15) is 0 Å². The molecule has 228 valence electrons. The fourth-order valence-corrected chi connectivity index (χ4v) is 7.32. The van der Waals surface area contributed by atoms with Crippen LogP contribution in [0.3, 0.4) is 0 Å². The Bertz CT molecular complexity index is 2400. The first-order chi connectivity index (χ1) is 23.6. The Morgan fingerprint density at radius 1 is 0.292 bits per heavy atom. The molecule has 0 saturated carbocycles. The molecule has 2 nitrogen and oxygen atoms in total. The van der Waals surface area contributed by atoms with Crippen LogP contribution >= 0.6 is 0 Å². The minimum atomic E-state index is 1.14. The zero-order valence-electron chi connectivity index (χ0n) is 27.1. The average Bonchev–Trinajstić information content (AvgIpc) is 3.13. The molecule has 0 N–H and O–H groups in total. The van der Waals surface area contributed by atoms with Gasteiger partial charge in [-0.2, -0.15) is 0 Å². The van der Waals surface area contributed by atoms with Crippen molar-refractivity contribution in [1.29, 1.82) is 0 Å². The van der Waals surface area contributed by atoms with E-state index < -0.39 is 0 Å². The van der Waals surface area contributed by atoms with E-state index in [0.717, 1.165) is 22.7 Å². The number of nitrogens with zero attached hydrogens (tertiary/aromatic N) is 2. The lowest BCUT2D eigenvalue weighted by Gasteiger charge is -2.29. The maximum Gasteiger partial charge on any atom is 0.0490 e. The molecule has 0 bridgehead atoms. The monoisotopic (exact) mass is 614 g/mol. The van der Waals surface area contributed by atoms with Crippen molar-refractivity contribution in [3.05, 3.63) is 181 Å². The molecule has 48 heavy (non-hydrogen) atoms. The summed E-state index contributed by atoms with van der Waals surface area (Å²) in [5.74, 6) is 0. The van der Waals surface area contributed by atoms with E-state index in [4.69, 9.17) is 0 Å². The summed E-state index contributed by atoms with van der Waals surface area (Å²) in [5, 5.41) is 5.01. The molecule has 8 aromatic rings. The topological polar surface area (TPSA) is 6.48 Å². The molecule has 0 unspecified atom stereocenters. The second kappa shape index (κ2) is 11.3. The lowest BCUT2D eigenvalue weighted by atomic mass is 9.78. The van der Waals surface area contributed by atoms with Crippen LogP contribution in [0.1, 0.15) is 11.1 Å². The first-order valence-electron chi connectivity index (χ1n) is 16.6. The van der Waals surface area contributed by atoms with Gasteiger partial charge in [0.05, 0.1) is 0 Å². The molecular formula is C46H34N2. The summed E-state index contributed by atoms with van der Waals surface area (Å²) in [4.78, 5) is 4.73. The Kier molecular flexibility index (Phi) is 6.62. The maximum atomic E-state index is 2.40. The van der Waals surface area contributed by atoms with Gasteiger partial charge >= 0.3 is 0 Å². The summed E-state index contributed by atoms with van der Waals surface area (Å²) in [6, 6.07) is 61.8. The van der Waals surface area contributed by atoms with Crippen LogP contribution in [-0.4, -0.2) is 0 Å². The summed E-state index contributed by atoms with van der Waals surface area (Å²) < 4.78 is 0. The number of aryl methyl sites for hydroxylation is 2. The van der Waals surface area contributed by atoms with Crippen LogP contribution in [0.4, 0.5) is 34.1 Å². The molecule has 0 saturated heterocycles. The summed E-state index contributed by atoms with van der Waals surface area (Å²) in [6.07, 6.45) is 0. The highest BCUT2D eigenvalue weighted by Crippen LogP contribution is 2.51. The molecule has 0 spiro atoms. The van der Waals surface area contributed by atoms with Gasteiger partial charge in [0, 0.05) is 34.1 Å². The summed E-state index contributed by atoms with van der Waals surface area (Å²) in [5.41, 5.74) is 14.8. The maximum absolute atomic E-state index is 2.40. The van der Waals surface area contributed by atoms with Crippen molar-refractivity contribution in [2.24, 2.45) is 0 Å². The van der Waals surface area contributed by atoms with Gasteiger partial charge < -0.3 is 9.80 Å². The highest BCUT2D eigenvalue weighted by Gasteiger charge is 2.25. The molecule has 0 atom stereocenters. The van der Waals surface area contributed by atoms with Gasteiger partial charge in [-0.05, 0) is 154 Å². The predicted molar refractivity (Wildman–Crippen MR) is 205 cm³/mol. The van der Waals surface area contributed by atoms with E-state index in [0.29, 0.717) is 0 Å². The highest BCUT2D eigenvalue weighted by molar-refractivity contribution is 6.12. The third kappa shape index (κ3) is 4.65. The summed E-state index contributed by atoms with van der Waals surface area (Å²) in [7, 11) is 0. The lowest BCUT2D eigenvalue weighted by molar-refractivity contribution is 1.23. The van der Waals surface area contributed by atoms with Crippen molar-refractivity contribution in [1.82, 2.24) is 0 Å². The first kappa shape index (κ1) is 28.1. The van der Waals surface area contributed by atoms with Crippen molar-refractivity contribution >= 4 is 55.7 Å². The van der Waals surface area contributed by atoms with Gasteiger partial charge in [0.15, 0.2) is 0 Å². The Hall–Kier alpha value is -6.12. The van der Waals surface area contributed by atoms with Crippen LogP contribution in [0.5, 0.6) is 0 Å². The minimum Gasteiger partial charge on any atom is -0.310 e.